The van der Waals surface area contributed by atoms with Gasteiger partial charge in [-0.25, -0.2) is 8.42 Å². The predicted molar refractivity (Wildman–Crippen MR) is 118 cm³/mol. The Morgan fingerprint density at radius 3 is 2.37 bits per heavy atom. The van der Waals surface area contributed by atoms with Gasteiger partial charge in [0.2, 0.25) is 10.0 Å². The average Bonchev–Trinajstić information content (AvgIpc) is 2.75. The van der Waals surface area contributed by atoms with Gasteiger partial charge in [0.25, 0.3) is 5.91 Å². The van der Waals surface area contributed by atoms with Crippen molar-refractivity contribution in [1.82, 2.24) is 9.62 Å². The van der Waals surface area contributed by atoms with Gasteiger partial charge in [0.05, 0.1) is 31.1 Å². The summed E-state index contributed by atoms with van der Waals surface area (Å²) < 4.78 is 27.4. The molecule has 1 atom stereocenters. The van der Waals surface area contributed by atoms with Crippen LogP contribution in [-0.4, -0.2) is 57.9 Å². The molecular formula is C23H32N3O3S+. The maximum atomic E-state index is 12.9. The van der Waals surface area contributed by atoms with Gasteiger partial charge in [-0.05, 0) is 48.6 Å². The summed E-state index contributed by atoms with van der Waals surface area (Å²) in [6.45, 7) is 9.09. The average molecular weight is 431 g/mol. The number of sulfonamides is 1. The molecule has 0 saturated carbocycles. The number of carbonyl (C=O) groups excluding carboxylic acids is 1. The lowest BCUT2D eigenvalue weighted by atomic mass is 10.0. The fourth-order valence-electron chi connectivity index (χ4n) is 3.70. The van der Waals surface area contributed by atoms with Gasteiger partial charge in [0.1, 0.15) is 0 Å². The molecule has 1 fully saturated rings. The van der Waals surface area contributed by atoms with E-state index in [9.17, 15) is 13.2 Å². The van der Waals surface area contributed by atoms with Crippen molar-refractivity contribution in [2.75, 3.05) is 39.3 Å². The number of hydrogen-bond donors (Lipinski definition) is 2. The van der Waals surface area contributed by atoms with Gasteiger partial charge in [-0.15, -0.1) is 0 Å². The lowest BCUT2D eigenvalue weighted by molar-refractivity contribution is -0.895. The van der Waals surface area contributed by atoms with Crippen LogP contribution in [0, 0.1) is 13.8 Å². The highest BCUT2D eigenvalue weighted by Crippen LogP contribution is 2.19. The van der Waals surface area contributed by atoms with E-state index in [0.717, 1.165) is 16.0 Å². The Labute approximate surface area is 179 Å². The monoisotopic (exact) mass is 430 g/mol. The number of hydrogen-bond acceptors (Lipinski definition) is 3. The third kappa shape index (κ3) is 5.47. The van der Waals surface area contributed by atoms with Gasteiger partial charge < -0.3 is 10.2 Å². The van der Waals surface area contributed by atoms with Gasteiger partial charge in [-0.1, -0.05) is 43.3 Å². The zero-order valence-electron chi connectivity index (χ0n) is 18.0. The van der Waals surface area contributed by atoms with Crippen LogP contribution < -0.4 is 10.2 Å². The highest BCUT2D eigenvalue weighted by Gasteiger charge is 2.31. The SMILES string of the molecule is Cc1ccc(S(=O)(=O)N2CC[NH+](CC(=O)NC[C@H](C)c3ccccc3)CC2)cc1C. The largest absolute Gasteiger partial charge is 0.351 e. The van der Waals surface area contributed by atoms with E-state index >= 15 is 0 Å². The van der Waals surface area contributed by atoms with E-state index in [2.05, 4.69) is 24.4 Å². The number of carbonyl (C=O) groups is 1. The van der Waals surface area contributed by atoms with Crippen molar-refractivity contribution < 1.29 is 18.1 Å². The van der Waals surface area contributed by atoms with Crippen LogP contribution >= 0.6 is 0 Å². The van der Waals surface area contributed by atoms with Gasteiger partial charge >= 0.3 is 0 Å². The Bertz CT molecular complexity index is 968. The molecule has 1 amide bonds. The highest BCUT2D eigenvalue weighted by atomic mass is 32.2. The van der Waals surface area contributed by atoms with E-state index in [1.54, 1.807) is 12.1 Å². The smallest absolute Gasteiger partial charge is 0.275 e. The van der Waals surface area contributed by atoms with Crippen molar-refractivity contribution in [3.05, 3.63) is 65.2 Å². The minimum Gasteiger partial charge on any atom is -0.351 e. The number of nitrogens with zero attached hydrogens (tertiary/aromatic N) is 1. The summed E-state index contributed by atoms with van der Waals surface area (Å²) in [5, 5.41) is 3.02. The van der Waals surface area contributed by atoms with Gasteiger partial charge in [-0.2, -0.15) is 4.31 Å². The topological polar surface area (TPSA) is 70.9 Å². The number of rotatable bonds is 7. The van der Waals surface area contributed by atoms with Crippen molar-refractivity contribution in [2.45, 2.75) is 31.6 Å². The van der Waals surface area contributed by atoms with E-state index in [0.29, 0.717) is 44.2 Å². The predicted octanol–water partition coefficient (Wildman–Crippen LogP) is 1.11. The molecule has 1 heterocycles. The summed E-state index contributed by atoms with van der Waals surface area (Å²) in [7, 11) is -3.49. The number of piperazine rings is 1. The molecule has 2 aromatic rings. The van der Waals surface area contributed by atoms with Crippen LogP contribution in [0.1, 0.15) is 29.5 Å². The fourth-order valence-corrected chi connectivity index (χ4v) is 5.23. The second kappa shape index (κ2) is 9.73. The molecule has 30 heavy (non-hydrogen) atoms. The Morgan fingerprint density at radius 2 is 1.73 bits per heavy atom. The van der Waals surface area contributed by atoms with Gasteiger partial charge in [0, 0.05) is 6.54 Å². The van der Waals surface area contributed by atoms with Crippen molar-refractivity contribution in [1.29, 1.82) is 0 Å². The fraction of sp³-hybridized carbons (Fsp3) is 0.435. The molecule has 1 aliphatic heterocycles. The quantitative estimate of drug-likeness (QED) is 0.691. The summed E-state index contributed by atoms with van der Waals surface area (Å²) >= 11 is 0. The van der Waals surface area contributed by atoms with Gasteiger partial charge in [0.15, 0.2) is 6.54 Å². The molecule has 1 saturated heterocycles. The van der Waals surface area contributed by atoms with Crippen LogP contribution in [0.15, 0.2) is 53.4 Å². The summed E-state index contributed by atoms with van der Waals surface area (Å²) in [5.74, 6) is 0.267. The van der Waals surface area contributed by atoms with E-state index in [-0.39, 0.29) is 11.8 Å². The number of benzene rings is 2. The number of amides is 1. The molecule has 0 aliphatic carbocycles. The molecule has 0 aromatic heterocycles. The van der Waals surface area contributed by atoms with E-state index in [1.165, 1.54) is 9.87 Å². The second-order valence-electron chi connectivity index (χ2n) is 8.19. The minimum atomic E-state index is -3.49. The maximum Gasteiger partial charge on any atom is 0.275 e. The van der Waals surface area contributed by atoms with Crippen molar-refractivity contribution in [3.63, 3.8) is 0 Å². The van der Waals surface area contributed by atoms with Crippen LogP contribution in [0.25, 0.3) is 0 Å². The van der Waals surface area contributed by atoms with Crippen molar-refractivity contribution >= 4 is 15.9 Å². The van der Waals surface area contributed by atoms with Crippen LogP contribution in [-0.2, 0) is 14.8 Å². The lowest BCUT2D eigenvalue weighted by Crippen LogP contribution is -3.15. The van der Waals surface area contributed by atoms with Crippen LogP contribution in [0.4, 0.5) is 0 Å². The number of aryl methyl sites for hydroxylation is 2. The van der Waals surface area contributed by atoms with Crippen LogP contribution in [0.2, 0.25) is 0 Å². The number of nitrogens with one attached hydrogen (secondary N) is 2. The first-order valence-corrected chi connectivity index (χ1v) is 11.9. The van der Waals surface area contributed by atoms with E-state index in [4.69, 9.17) is 0 Å². The maximum absolute atomic E-state index is 12.9. The summed E-state index contributed by atoms with van der Waals surface area (Å²) in [6.07, 6.45) is 0. The number of quaternary nitrogens is 1. The molecule has 6 nitrogen and oxygen atoms in total. The Kier molecular flexibility index (Phi) is 7.28. The van der Waals surface area contributed by atoms with Crippen molar-refractivity contribution in [2.24, 2.45) is 0 Å². The van der Waals surface area contributed by atoms with Gasteiger partial charge in [-0.3, -0.25) is 4.79 Å². The third-order valence-corrected chi connectivity index (χ3v) is 7.82. The molecule has 2 N–H and O–H groups in total. The highest BCUT2D eigenvalue weighted by molar-refractivity contribution is 7.89. The molecule has 0 unspecified atom stereocenters. The third-order valence-electron chi connectivity index (χ3n) is 5.93. The Morgan fingerprint density at radius 1 is 1.07 bits per heavy atom. The first-order chi connectivity index (χ1) is 14.3. The molecule has 3 rings (SSSR count). The normalized spacial score (nSPS) is 16.9. The minimum absolute atomic E-state index is 0.0123. The Hall–Kier alpha value is -2.22. The molecule has 7 heteroatoms. The molecule has 162 valence electrons. The zero-order chi connectivity index (χ0) is 21.7. The summed E-state index contributed by atoms with van der Waals surface area (Å²) in [4.78, 5) is 13.8. The molecule has 0 radical (unpaired) electrons. The molecular weight excluding hydrogens is 398 g/mol. The summed E-state index contributed by atoms with van der Waals surface area (Å²) in [5.41, 5.74) is 3.26. The molecule has 0 spiro atoms. The van der Waals surface area contributed by atoms with Crippen molar-refractivity contribution in [3.8, 4) is 0 Å². The Balaban J connectivity index is 1.48. The summed E-state index contributed by atoms with van der Waals surface area (Å²) in [6, 6.07) is 15.4. The zero-order valence-corrected chi connectivity index (χ0v) is 18.8. The lowest BCUT2D eigenvalue weighted by Gasteiger charge is -2.31. The van der Waals surface area contributed by atoms with E-state index in [1.807, 2.05) is 38.1 Å². The van der Waals surface area contributed by atoms with Crippen LogP contribution in [0.5, 0.6) is 0 Å². The molecule has 2 aromatic carbocycles. The first-order valence-electron chi connectivity index (χ1n) is 10.5. The second-order valence-corrected chi connectivity index (χ2v) is 10.1. The standard InChI is InChI=1S/C23H31N3O3S/c1-18-9-10-22(15-19(18)2)30(28,29)26-13-11-25(12-14-26)17-23(27)24-16-20(3)21-7-5-4-6-8-21/h4-10,15,20H,11-14,16-17H2,1-3H3,(H,24,27)/p+1/t20-/m0/s1. The van der Waals surface area contributed by atoms with E-state index < -0.39 is 10.0 Å². The van der Waals surface area contributed by atoms with Crippen LogP contribution in [0.3, 0.4) is 0 Å². The first kappa shape index (κ1) is 22.5. The molecule has 0 bridgehead atoms. The molecule has 1 aliphatic rings.